The zero-order chi connectivity index (χ0) is 16.6. The van der Waals surface area contributed by atoms with Crippen LogP contribution in [0.2, 0.25) is 0 Å². The van der Waals surface area contributed by atoms with E-state index < -0.39 is 6.04 Å². The average molecular weight is 315 g/mol. The molecule has 6 heteroatoms. The highest BCUT2D eigenvalue weighted by Gasteiger charge is 2.43. The lowest BCUT2D eigenvalue weighted by Gasteiger charge is -2.31. The van der Waals surface area contributed by atoms with E-state index in [9.17, 15) is 9.59 Å². The summed E-state index contributed by atoms with van der Waals surface area (Å²) in [5, 5.41) is 2.92. The molecule has 3 amide bonds. The standard InChI is InChI=1S/C17H21N3O3/c1-4-9-20-10-12-14(16(20)21)15(18-17(22)19(12)2)11-7-5-6-8-13(11)23-3/h5-8,15H,4,9-10H2,1-3H3,(H,18,22)/t15-/m0/s1. The smallest absolute Gasteiger partial charge is 0.322 e. The van der Waals surface area contributed by atoms with Crippen LogP contribution in [-0.2, 0) is 4.79 Å². The summed E-state index contributed by atoms with van der Waals surface area (Å²) in [6, 6.07) is 6.80. The third-order valence-corrected chi connectivity index (χ3v) is 4.38. The van der Waals surface area contributed by atoms with Gasteiger partial charge in [0, 0.05) is 19.2 Å². The van der Waals surface area contributed by atoms with Gasteiger partial charge in [-0.2, -0.15) is 0 Å². The van der Waals surface area contributed by atoms with Crippen LogP contribution in [0.15, 0.2) is 35.5 Å². The van der Waals surface area contributed by atoms with Crippen molar-refractivity contribution in [2.45, 2.75) is 19.4 Å². The molecule has 1 aromatic rings. The monoisotopic (exact) mass is 315 g/mol. The second-order valence-electron chi connectivity index (χ2n) is 5.77. The second kappa shape index (κ2) is 5.95. The fourth-order valence-corrected chi connectivity index (χ4v) is 3.21. The van der Waals surface area contributed by atoms with E-state index in [1.54, 1.807) is 19.1 Å². The molecule has 1 N–H and O–H groups in total. The predicted octanol–water partition coefficient (Wildman–Crippen LogP) is 1.90. The maximum Gasteiger partial charge on any atom is 0.322 e. The van der Waals surface area contributed by atoms with E-state index in [2.05, 4.69) is 5.32 Å². The molecule has 0 spiro atoms. The summed E-state index contributed by atoms with van der Waals surface area (Å²) in [5.41, 5.74) is 2.23. The SMILES string of the molecule is CCCN1CC2=C(C1=O)[C@H](c1ccccc1OC)NC(=O)N2C. The highest BCUT2D eigenvalue weighted by Crippen LogP contribution is 2.38. The largest absolute Gasteiger partial charge is 0.496 e. The van der Waals surface area contributed by atoms with E-state index in [0.29, 0.717) is 24.4 Å². The Morgan fingerprint density at radius 3 is 2.74 bits per heavy atom. The zero-order valence-corrected chi connectivity index (χ0v) is 13.6. The van der Waals surface area contributed by atoms with Crippen molar-refractivity contribution in [1.82, 2.24) is 15.1 Å². The molecule has 2 heterocycles. The van der Waals surface area contributed by atoms with Crippen LogP contribution in [0, 0.1) is 0 Å². The molecule has 0 aliphatic carbocycles. The lowest BCUT2D eigenvalue weighted by atomic mass is 9.95. The molecule has 0 radical (unpaired) electrons. The summed E-state index contributed by atoms with van der Waals surface area (Å²) >= 11 is 0. The fraction of sp³-hybridized carbons (Fsp3) is 0.412. The Kier molecular flexibility index (Phi) is 3.98. The molecule has 2 aliphatic heterocycles. The number of hydrogen-bond acceptors (Lipinski definition) is 3. The summed E-state index contributed by atoms with van der Waals surface area (Å²) in [5.74, 6) is 0.653. The van der Waals surface area contributed by atoms with Gasteiger partial charge in [-0.3, -0.25) is 9.69 Å². The maximum atomic E-state index is 12.8. The first-order valence-electron chi connectivity index (χ1n) is 7.78. The minimum absolute atomic E-state index is 0.00962. The number of hydrogen-bond donors (Lipinski definition) is 1. The van der Waals surface area contributed by atoms with Gasteiger partial charge in [0.05, 0.1) is 31.0 Å². The van der Waals surface area contributed by atoms with Gasteiger partial charge in [0.15, 0.2) is 0 Å². The maximum absolute atomic E-state index is 12.8. The van der Waals surface area contributed by atoms with Crippen molar-refractivity contribution < 1.29 is 14.3 Å². The number of para-hydroxylation sites is 1. The normalized spacial score (nSPS) is 20.7. The van der Waals surface area contributed by atoms with E-state index in [1.165, 1.54) is 4.90 Å². The minimum Gasteiger partial charge on any atom is -0.496 e. The molecule has 122 valence electrons. The van der Waals surface area contributed by atoms with Crippen molar-refractivity contribution in [1.29, 1.82) is 0 Å². The third-order valence-electron chi connectivity index (χ3n) is 4.38. The van der Waals surface area contributed by atoms with Crippen molar-refractivity contribution in [2.24, 2.45) is 0 Å². The van der Waals surface area contributed by atoms with Gasteiger partial charge in [-0.25, -0.2) is 4.79 Å². The molecule has 2 aliphatic rings. The number of benzene rings is 1. The molecular formula is C17H21N3O3. The van der Waals surface area contributed by atoms with Crippen molar-refractivity contribution in [3.63, 3.8) is 0 Å². The second-order valence-corrected chi connectivity index (χ2v) is 5.77. The number of nitrogens with zero attached hydrogens (tertiary/aromatic N) is 2. The highest BCUT2D eigenvalue weighted by atomic mass is 16.5. The predicted molar refractivity (Wildman–Crippen MR) is 85.9 cm³/mol. The molecule has 1 aromatic carbocycles. The van der Waals surface area contributed by atoms with E-state index >= 15 is 0 Å². The van der Waals surface area contributed by atoms with E-state index in [0.717, 1.165) is 17.7 Å². The molecule has 0 saturated heterocycles. The van der Waals surface area contributed by atoms with Crippen molar-refractivity contribution in [2.75, 3.05) is 27.2 Å². The first-order valence-corrected chi connectivity index (χ1v) is 7.78. The number of rotatable bonds is 4. The number of likely N-dealkylation sites (N-methyl/N-ethyl adjacent to an activating group) is 1. The fourth-order valence-electron chi connectivity index (χ4n) is 3.21. The number of methoxy groups -OCH3 is 1. The van der Waals surface area contributed by atoms with Gasteiger partial charge in [0.2, 0.25) is 0 Å². The third kappa shape index (κ3) is 2.44. The molecule has 3 rings (SSSR count). The van der Waals surface area contributed by atoms with Gasteiger partial charge >= 0.3 is 6.03 Å². The summed E-state index contributed by atoms with van der Waals surface area (Å²) in [4.78, 5) is 28.4. The Labute approximate surface area is 135 Å². The highest BCUT2D eigenvalue weighted by molar-refractivity contribution is 6.01. The molecule has 0 fully saturated rings. The number of urea groups is 1. The number of amides is 3. The summed E-state index contributed by atoms with van der Waals surface area (Å²) in [6.45, 7) is 3.21. The van der Waals surface area contributed by atoms with Crippen LogP contribution in [0.4, 0.5) is 4.79 Å². The number of nitrogens with one attached hydrogen (secondary N) is 1. The van der Waals surface area contributed by atoms with Crippen LogP contribution in [0.1, 0.15) is 24.9 Å². The number of carbonyl (C=O) groups excluding carboxylic acids is 2. The number of ether oxygens (including phenoxy) is 1. The minimum atomic E-state index is -0.473. The summed E-state index contributed by atoms with van der Waals surface area (Å²) < 4.78 is 5.41. The van der Waals surface area contributed by atoms with E-state index in [4.69, 9.17) is 4.74 Å². The molecule has 23 heavy (non-hydrogen) atoms. The molecular weight excluding hydrogens is 294 g/mol. The Balaban J connectivity index is 2.07. The van der Waals surface area contributed by atoms with Crippen molar-refractivity contribution in [3.8, 4) is 5.75 Å². The van der Waals surface area contributed by atoms with Crippen LogP contribution in [0.5, 0.6) is 5.75 Å². The van der Waals surface area contributed by atoms with E-state index in [1.807, 2.05) is 31.2 Å². The Bertz CT molecular complexity index is 683. The molecule has 0 unspecified atom stereocenters. The molecule has 0 saturated carbocycles. The first kappa shape index (κ1) is 15.4. The van der Waals surface area contributed by atoms with Crippen LogP contribution in [0.25, 0.3) is 0 Å². The topological polar surface area (TPSA) is 61.9 Å². The molecule has 0 aromatic heterocycles. The Morgan fingerprint density at radius 1 is 1.30 bits per heavy atom. The Hall–Kier alpha value is -2.50. The molecule has 1 atom stereocenters. The lowest BCUT2D eigenvalue weighted by Crippen LogP contribution is -2.45. The summed E-state index contributed by atoms with van der Waals surface area (Å²) in [7, 11) is 3.29. The van der Waals surface area contributed by atoms with Gasteiger partial charge in [-0.15, -0.1) is 0 Å². The number of carbonyl (C=O) groups is 2. The average Bonchev–Trinajstić information content (AvgIpc) is 2.89. The van der Waals surface area contributed by atoms with E-state index in [-0.39, 0.29) is 11.9 Å². The first-order chi connectivity index (χ1) is 11.1. The molecule has 6 nitrogen and oxygen atoms in total. The van der Waals surface area contributed by atoms with Gasteiger partial charge in [-0.05, 0) is 12.5 Å². The quantitative estimate of drug-likeness (QED) is 0.923. The van der Waals surface area contributed by atoms with Gasteiger partial charge in [-0.1, -0.05) is 25.1 Å². The van der Waals surface area contributed by atoms with Crippen LogP contribution in [-0.4, -0.2) is 49.0 Å². The van der Waals surface area contributed by atoms with Crippen molar-refractivity contribution in [3.05, 3.63) is 41.1 Å². The Morgan fingerprint density at radius 2 is 2.04 bits per heavy atom. The van der Waals surface area contributed by atoms with Gasteiger partial charge < -0.3 is 15.0 Å². The molecule has 0 bridgehead atoms. The van der Waals surface area contributed by atoms with Crippen molar-refractivity contribution >= 4 is 11.9 Å². The van der Waals surface area contributed by atoms with Crippen LogP contribution < -0.4 is 10.1 Å². The lowest BCUT2D eigenvalue weighted by molar-refractivity contribution is -0.125. The van der Waals surface area contributed by atoms with Gasteiger partial charge in [0.1, 0.15) is 5.75 Å². The van der Waals surface area contributed by atoms with Crippen LogP contribution >= 0.6 is 0 Å². The van der Waals surface area contributed by atoms with Crippen LogP contribution in [0.3, 0.4) is 0 Å². The zero-order valence-electron chi connectivity index (χ0n) is 13.6. The summed E-state index contributed by atoms with van der Waals surface area (Å²) in [6.07, 6.45) is 0.886. The van der Waals surface area contributed by atoms with Gasteiger partial charge in [0.25, 0.3) is 5.91 Å².